The largest absolute Gasteiger partial charge is 0.345 e. The third-order valence-electron chi connectivity index (χ3n) is 7.68. The molecule has 0 bridgehead atoms. The second-order valence-corrected chi connectivity index (χ2v) is 14.4. The van der Waals surface area contributed by atoms with Crippen molar-refractivity contribution in [1.29, 1.82) is 0 Å². The van der Waals surface area contributed by atoms with Crippen molar-refractivity contribution in [2.75, 3.05) is 0 Å². The van der Waals surface area contributed by atoms with E-state index in [1.54, 1.807) is 0 Å². The minimum atomic E-state index is 0.0387. The second-order valence-electron chi connectivity index (χ2n) is 14.4. The van der Waals surface area contributed by atoms with Crippen LogP contribution < -0.4 is 0 Å². The van der Waals surface area contributed by atoms with Gasteiger partial charge in [0.05, 0.1) is 11.9 Å². The van der Waals surface area contributed by atoms with Crippen LogP contribution in [0.4, 0.5) is 0 Å². The molecule has 0 atom stereocenters. The number of imidazole rings is 2. The van der Waals surface area contributed by atoms with Gasteiger partial charge >= 0.3 is 0 Å². The van der Waals surface area contributed by atoms with Crippen molar-refractivity contribution in [1.82, 2.24) is 24.9 Å². The second kappa shape index (κ2) is 11.1. The molecule has 0 unspecified atom stereocenters. The normalized spacial score (nSPS) is 19.0. The van der Waals surface area contributed by atoms with Gasteiger partial charge in [-0.15, -0.1) is 0 Å². The van der Waals surface area contributed by atoms with E-state index in [0.717, 1.165) is 34.5 Å². The number of hydrogen-bond acceptors (Lipinski definition) is 3. The lowest BCUT2D eigenvalue weighted by Gasteiger charge is -2.36. The topological polar surface area (TPSA) is 70.2 Å². The maximum atomic E-state index is 4.55. The Balaban J connectivity index is 0.000000206. The number of H-pyrrole nitrogens is 2. The summed E-state index contributed by atoms with van der Waals surface area (Å²) >= 11 is 0. The maximum Gasteiger partial charge on any atom is 0.111 e. The van der Waals surface area contributed by atoms with Crippen molar-refractivity contribution in [3.63, 3.8) is 0 Å². The Morgan fingerprint density at radius 2 is 1.38 bits per heavy atom. The summed E-state index contributed by atoms with van der Waals surface area (Å²) in [5.74, 6) is 4.25. The van der Waals surface area contributed by atoms with Crippen LogP contribution in [-0.2, 0) is 10.8 Å². The molecule has 37 heavy (non-hydrogen) atoms. The van der Waals surface area contributed by atoms with Gasteiger partial charge in [-0.3, -0.25) is 4.98 Å². The Morgan fingerprint density at radius 3 is 1.81 bits per heavy atom. The highest BCUT2D eigenvalue weighted by molar-refractivity contribution is 5.57. The fourth-order valence-electron chi connectivity index (χ4n) is 4.97. The number of aromatic amines is 2. The van der Waals surface area contributed by atoms with Crippen molar-refractivity contribution < 1.29 is 0 Å². The molecule has 3 heterocycles. The van der Waals surface area contributed by atoms with Crippen LogP contribution in [0, 0.1) is 11.3 Å². The molecule has 4 rings (SSSR count). The van der Waals surface area contributed by atoms with Crippen molar-refractivity contribution >= 4 is 0 Å². The number of hydrogen-bond donors (Lipinski definition) is 2. The van der Waals surface area contributed by atoms with Crippen molar-refractivity contribution in [3.05, 3.63) is 53.8 Å². The Morgan fingerprint density at radius 1 is 0.730 bits per heavy atom. The lowest BCUT2D eigenvalue weighted by molar-refractivity contribution is 0.168. The lowest BCUT2D eigenvalue weighted by Crippen LogP contribution is -2.25. The molecule has 1 saturated carbocycles. The summed E-state index contributed by atoms with van der Waals surface area (Å²) in [7, 11) is 0. The number of pyridine rings is 1. The summed E-state index contributed by atoms with van der Waals surface area (Å²) in [6.07, 6.45) is 11.2. The summed E-state index contributed by atoms with van der Waals surface area (Å²) < 4.78 is 0. The Labute approximate surface area is 225 Å². The maximum absolute atomic E-state index is 4.55. The van der Waals surface area contributed by atoms with Crippen LogP contribution in [0.3, 0.4) is 0 Å². The van der Waals surface area contributed by atoms with Crippen LogP contribution in [-0.4, -0.2) is 24.9 Å². The molecule has 3 aromatic rings. The Kier molecular flexibility index (Phi) is 8.76. The van der Waals surface area contributed by atoms with Crippen LogP contribution in [0.25, 0.3) is 11.3 Å². The van der Waals surface area contributed by atoms with E-state index >= 15 is 0 Å². The average Bonchev–Trinajstić information content (AvgIpc) is 3.49. The number of nitrogens with one attached hydrogen (secondary N) is 2. The highest BCUT2D eigenvalue weighted by atomic mass is 14.9. The third kappa shape index (κ3) is 7.78. The zero-order chi connectivity index (χ0) is 27.6. The molecule has 1 aliphatic rings. The predicted octanol–water partition coefficient (Wildman–Crippen LogP) is 8.92. The molecule has 0 spiro atoms. The minimum Gasteiger partial charge on any atom is -0.345 e. The van der Waals surface area contributed by atoms with Crippen molar-refractivity contribution in [2.45, 2.75) is 125 Å². The predicted molar refractivity (Wildman–Crippen MR) is 156 cm³/mol. The molecule has 5 heteroatoms. The van der Waals surface area contributed by atoms with Crippen molar-refractivity contribution in [2.24, 2.45) is 11.3 Å². The van der Waals surface area contributed by atoms with Crippen LogP contribution in [0.2, 0.25) is 0 Å². The molecule has 1 fully saturated rings. The molecule has 0 amide bonds. The number of aromatic nitrogens is 5. The first kappa shape index (κ1) is 29.1. The first-order valence-corrected chi connectivity index (χ1v) is 14.1. The van der Waals surface area contributed by atoms with E-state index in [1.807, 2.05) is 12.4 Å². The molecular formula is C32H51N5. The quantitative estimate of drug-likeness (QED) is 0.373. The molecule has 2 N–H and O–H groups in total. The number of rotatable bonds is 3. The van der Waals surface area contributed by atoms with Gasteiger partial charge in [0.1, 0.15) is 11.6 Å². The Bertz CT molecular complexity index is 1110. The average molecular weight is 506 g/mol. The van der Waals surface area contributed by atoms with Gasteiger partial charge in [0, 0.05) is 52.0 Å². The monoisotopic (exact) mass is 505 g/mol. The summed E-state index contributed by atoms with van der Waals surface area (Å²) in [5.41, 5.74) is 5.18. The summed E-state index contributed by atoms with van der Waals surface area (Å²) in [6.45, 7) is 24.5. The van der Waals surface area contributed by atoms with Gasteiger partial charge in [0.2, 0.25) is 0 Å². The molecule has 0 aliphatic heterocycles. The van der Waals surface area contributed by atoms with Gasteiger partial charge in [-0.2, -0.15) is 0 Å². The van der Waals surface area contributed by atoms with Crippen LogP contribution in [0.5, 0.6) is 0 Å². The molecule has 0 radical (unpaired) electrons. The fourth-order valence-corrected chi connectivity index (χ4v) is 4.97. The minimum absolute atomic E-state index is 0.0387. The molecular weight excluding hydrogens is 454 g/mol. The standard InChI is InChI=1S/C16H23N3.C16H28N2/c1-15(2,3)13-8-7-11(9-17-13)12-10-18-14(19-12)16(4,5)6;1-11(2)15-17-10-14(18-15)12-6-8-13(9-7-12)16(3,4)5/h7-10H,1-6H3,(H,18,19);10-13H,6-9H2,1-5H3,(H,17,18). The Hall–Kier alpha value is -2.43. The van der Waals surface area contributed by atoms with Crippen LogP contribution in [0.15, 0.2) is 30.7 Å². The first-order chi connectivity index (χ1) is 17.1. The lowest BCUT2D eigenvalue weighted by atomic mass is 9.69. The fraction of sp³-hybridized carbons (Fsp3) is 0.656. The molecule has 5 nitrogen and oxygen atoms in total. The van der Waals surface area contributed by atoms with Gasteiger partial charge in [-0.1, -0.05) is 76.2 Å². The highest BCUT2D eigenvalue weighted by Gasteiger charge is 2.30. The summed E-state index contributed by atoms with van der Waals surface area (Å²) in [4.78, 5) is 20.4. The molecule has 0 saturated heterocycles. The van der Waals surface area contributed by atoms with E-state index in [-0.39, 0.29) is 10.8 Å². The van der Waals surface area contributed by atoms with E-state index in [2.05, 4.69) is 119 Å². The first-order valence-electron chi connectivity index (χ1n) is 14.1. The third-order valence-corrected chi connectivity index (χ3v) is 7.68. The molecule has 0 aromatic carbocycles. The van der Waals surface area contributed by atoms with E-state index in [0.29, 0.717) is 17.3 Å². The van der Waals surface area contributed by atoms with E-state index in [4.69, 9.17) is 0 Å². The van der Waals surface area contributed by atoms with Crippen LogP contribution in [0.1, 0.15) is 137 Å². The SMILES string of the molecule is CC(C)(C)c1ccc(-c2cnc(C(C)(C)C)[nH]2)cn1.CC(C)c1ncc(C2CCC(C(C)(C)C)CC2)[nH]1. The number of nitrogens with zero attached hydrogens (tertiary/aromatic N) is 3. The van der Waals surface area contributed by atoms with Gasteiger partial charge in [-0.05, 0) is 49.1 Å². The smallest absolute Gasteiger partial charge is 0.111 e. The van der Waals surface area contributed by atoms with E-state index in [9.17, 15) is 0 Å². The highest BCUT2D eigenvalue weighted by Crippen LogP contribution is 2.42. The van der Waals surface area contributed by atoms with Crippen LogP contribution >= 0.6 is 0 Å². The van der Waals surface area contributed by atoms with Gasteiger partial charge in [0.15, 0.2) is 0 Å². The zero-order valence-corrected chi connectivity index (χ0v) is 25.3. The molecule has 1 aliphatic carbocycles. The summed E-state index contributed by atoms with van der Waals surface area (Å²) in [5, 5.41) is 0. The molecule has 204 valence electrons. The van der Waals surface area contributed by atoms with E-state index in [1.165, 1.54) is 31.4 Å². The van der Waals surface area contributed by atoms with Gasteiger partial charge in [-0.25, -0.2) is 9.97 Å². The van der Waals surface area contributed by atoms with Gasteiger partial charge < -0.3 is 9.97 Å². The van der Waals surface area contributed by atoms with E-state index < -0.39 is 0 Å². The van der Waals surface area contributed by atoms with Crippen molar-refractivity contribution in [3.8, 4) is 11.3 Å². The zero-order valence-electron chi connectivity index (χ0n) is 25.3. The van der Waals surface area contributed by atoms with Gasteiger partial charge in [0.25, 0.3) is 0 Å². The summed E-state index contributed by atoms with van der Waals surface area (Å²) in [6, 6.07) is 4.19. The molecule has 3 aromatic heterocycles.